The van der Waals surface area contributed by atoms with Gasteiger partial charge in [0.2, 0.25) is 5.28 Å². The Hall–Kier alpha value is -6.43. The number of hydrazine groups is 1. The monoisotopic (exact) mass is 780 g/mol. The molecule has 14 nitrogen and oxygen atoms in total. The van der Waals surface area contributed by atoms with Crippen LogP contribution in [0.4, 0.5) is 18.0 Å². The molecule has 0 aliphatic heterocycles. The van der Waals surface area contributed by atoms with Crippen LogP contribution in [-0.4, -0.2) is 66.2 Å². The van der Waals surface area contributed by atoms with Crippen LogP contribution in [0.5, 0.6) is 0 Å². The maximum absolute atomic E-state index is 13.6. The molecule has 0 radical (unpaired) electrons. The number of nitrogens with one attached hydrogen (secondary N) is 1. The lowest BCUT2D eigenvalue weighted by atomic mass is 10.1. The molecule has 288 valence electrons. The summed E-state index contributed by atoms with van der Waals surface area (Å²) in [5, 5.41) is 21.1. The number of carbonyl (C=O) groups is 2. The van der Waals surface area contributed by atoms with E-state index in [2.05, 4.69) is 10.4 Å². The smallest absolute Gasteiger partial charge is 0.435 e. The summed E-state index contributed by atoms with van der Waals surface area (Å²) in [5.41, 5.74) is 1.45. The van der Waals surface area contributed by atoms with E-state index >= 15 is 0 Å². The second-order valence-electron chi connectivity index (χ2n) is 12.1. The number of alkyl halides is 3. The number of likely N-dealkylation sites (N-methyl/N-ethyl adjacent to an activating group) is 1. The average molecular weight is 781 g/mol. The minimum Gasteiger partial charge on any atom is -0.569 e. The minimum atomic E-state index is -4.74. The molecule has 0 fully saturated rings. The Morgan fingerprint density at radius 2 is 1.58 bits per heavy atom. The van der Waals surface area contributed by atoms with Crippen LogP contribution in [-0.2, 0) is 36.9 Å². The van der Waals surface area contributed by atoms with Gasteiger partial charge in [-0.25, -0.2) is 27.4 Å². The van der Waals surface area contributed by atoms with E-state index in [1.54, 1.807) is 77.5 Å². The van der Waals surface area contributed by atoms with Gasteiger partial charge in [-0.05, 0) is 55.0 Å². The number of nitrogens with zero attached hydrogens (tertiary/aromatic N) is 5. The van der Waals surface area contributed by atoms with Crippen molar-refractivity contribution in [2.75, 3.05) is 13.7 Å². The van der Waals surface area contributed by atoms with Crippen LogP contribution in [0.15, 0.2) is 125 Å². The first-order valence-electron chi connectivity index (χ1n) is 16.5. The molecule has 1 heterocycles. The lowest BCUT2D eigenvalue weighted by molar-refractivity contribution is -0.715. The van der Waals surface area contributed by atoms with Gasteiger partial charge in [0, 0.05) is 18.9 Å². The third-order valence-corrected chi connectivity index (χ3v) is 9.35. The summed E-state index contributed by atoms with van der Waals surface area (Å²) in [5.74, 6) is -0.703. The number of amides is 1. The zero-order valence-corrected chi connectivity index (χ0v) is 30.4. The Kier molecular flexibility index (Phi) is 12.4. The fourth-order valence-electron chi connectivity index (χ4n) is 5.09. The van der Waals surface area contributed by atoms with Crippen molar-refractivity contribution in [3.63, 3.8) is 0 Å². The quantitative estimate of drug-likeness (QED) is 0.0415. The van der Waals surface area contributed by atoms with Crippen molar-refractivity contribution < 1.29 is 50.5 Å². The standard InChI is InChI=1S/C37H35F3N6O8S/c1-25-14-16-28(17-15-25)33-23-34(37(38,39)40)41-45(33)30-18-20-32(21-19-30)55(50,51)42-36(48)52-24-31(22-27-10-6-4-7-11-27)44(3)46(49)43-54-26(2)53-35(47)29-12-8-5-9-13-29/h4-21,23,26,31H,22,24H2,1-3H3,(H,42,48)/t26?,31-/m0/s1. The van der Waals surface area contributed by atoms with E-state index in [0.717, 1.165) is 39.0 Å². The molecule has 0 bridgehead atoms. The first-order chi connectivity index (χ1) is 26.1. The maximum Gasteiger partial charge on any atom is 0.435 e. The second-order valence-corrected chi connectivity index (χ2v) is 13.8. The summed E-state index contributed by atoms with van der Waals surface area (Å²) in [6, 6.07) is 28.3. The van der Waals surface area contributed by atoms with Gasteiger partial charge in [-0.15, -0.1) is 5.01 Å². The molecule has 0 saturated carbocycles. The Labute approximate surface area is 313 Å². The van der Waals surface area contributed by atoms with Crippen LogP contribution in [0.2, 0.25) is 0 Å². The molecule has 5 aromatic rings. The lowest BCUT2D eigenvalue weighted by Gasteiger charge is -2.24. The second kappa shape index (κ2) is 17.1. The summed E-state index contributed by atoms with van der Waals surface area (Å²) < 4.78 is 80.3. The molecular formula is C37H35F3N6O8S. The maximum atomic E-state index is 13.6. The highest BCUT2D eigenvalue weighted by Gasteiger charge is 2.35. The summed E-state index contributed by atoms with van der Waals surface area (Å²) in [4.78, 5) is 29.8. The van der Waals surface area contributed by atoms with Crippen molar-refractivity contribution in [1.82, 2.24) is 19.5 Å². The molecule has 0 spiro atoms. The van der Waals surface area contributed by atoms with E-state index in [9.17, 15) is 36.4 Å². The summed E-state index contributed by atoms with van der Waals surface area (Å²) >= 11 is 0. The molecule has 1 amide bonds. The van der Waals surface area contributed by atoms with Gasteiger partial charge < -0.3 is 14.7 Å². The van der Waals surface area contributed by atoms with Crippen LogP contribution in [0, 0.1) is 12.1 Å². The van der Waals surface area contributed by atoms with Gasteiger partial charge in [-0.2, -0.15) is 18.3 Å². The van der Waals surface area contributed by atoms with Crippen LogP contribution in [0.3, 0.4) is 0 Å². The summed E-state index contributed by atoms with van der Waals surface area (Å²) in [6.07, 6.45) is -7.22. The number of hydrogen-bond acceptors (Lipinski definition) is 10. The third-order valence-electron chi connectivity index (χ3n) is 8.02. The number of aryl methyl sites for hydroxylation is 1. The molecule has 18 heteroatoms. The summed E-state index contributed by atoms with van der Waals surface area (Å²) in [7, 11) is -3.21. The normalized spacial score (nSPS) is 13.0. The van der Waals surface area contributed by atoms with Crippen LogP contribution in [0.1, 0.15) is 34.1 Å². The predicted octanol–water partition coefficient (Wildman–Crippen LogP) is 6.84. The number of carbonyl (C=O) groups excluding carboxylic acids is 2. The molecule has 0 aliphatic rings. The van der Waals surface area contributed by atoms with E-state index in [1.165, 1.54) is 38.2 Å². The fraction of sp³-hybridized carbons (Fsp3) is 0.216. The van der Waals surface area contributed by atoms with Crippen molar-refractivity contribution in [2.24, 2.45) is 5.28 Å². The molecule has 1 N–H and O–H groups in total. The number of benzene rings is 4. The van der Waals surface area contributed by atoms with Gasteiger partial charge in [0.25, 0.3) is 16.3 Å². The van der Waals surface area contributed by atoms with E-state index < -0.39 is 57.8 Å². The Morgan fingerprint density at radius 1 is 0.964 bits per heavy atom. The molecule has 0 saturated heterocycles. The van der Waals surface area contributed by atoms with Gasteiger partial charge in [0.1, 0.15) is 12.6 Å². The largest absolute Gasteiger partial charge is 0.569 e. The summed E-state index contributed by atoms with van der Waals surface area (Å²) in [6.45, 7) is 2.68. The van der Waals surface area contributed by atoms with Crippen molar-refractivity contribution in [3.8, 4) is 16.9 Å². The number of hydrogen-bond donors (Lipinski definition) is 1. The Balaban J connectivity index is 1.25. The van der Waals surface area contributed by atoms with E-state index in [0.29, 0.717) is 5.56 Å². The molecule has 2 atom stereocenters. The van der Waals surface area contributed by atoms with E-state index in [-0.39, 0.29) is 28.3 Å². The highest BCUT2D eigenvalue weighted by molar-refractivity contribution is 7.90. The number of rotatable bonds is 14. The molecule has 1 unspecified atom stereocenters. The number of esters is 1. The Morgan fingerprint density at radius 3 is 2.20 bits per heavy atom. The van der Waals surface area contributed by atoms with Crippen LogP contribution < -0.4 is 4.72 Å². The number of ether oxygens (including phenoxy) is 2. The van der Waals surface area contributed by atoms with Gasteiger partial charge in [-0.1, -0.05) is 78.4 Å². The van der Waals surface area contributed by atoms with E-state index in [1.807, 2.05) is 6.92 Å². The first-order valence-corrected chi connectivity index (χ1v) is 18.0. The first kappa shape index (κ1) is 39.8. The number of halogens is 3. The van der Waals surface area contributed by atoms with Gasteiger partial charge in [0.15, 0.2) is 5.69 Å². The van der Waals surface area contributed by atoms with Crippen LogP contribution >= 0.6 is 0 Å². The number of aromatic nitrogens is 2. The van der Waals surface area contributed by atoms with Crippen LogP contribution in [0.25, 0.3) is 16.9 Å². The number of sulfonamides is 1. The molecule has 4 aromatic carbocycles. The lowest BCUT2D eigenvalue weighted by Crippen LogP contribution is -2.43. The predicted molar refractivity (Wildman–Crippen MR) is 191 cm³/mol. The fourth-order valence-corrected chi connectivity index (χ4v) is 5.98. The zero-order valence-electron chi connectivity index (χ0n) is 29.6. The van der Waals surface area contributed by atoms with Crippen molar-refractivity contribution in [3.05, 3.63) is 143 Å². The Bertz CT molecular complexity index is 2220. The molecule has 0 aliphatic carbocycles. The third kappa shape index (κ3) is 10.6. The van der Waals surface area contributed by atoms with Crippen molar-refractivity contribution in [2.45, 2.75) is 43.7 Å². The van der Waals surface area contributed by atoms with E-state index in [4.69, 9.17) is 14.3 Å². The SMILES string of the molecule is Cc1ccc(-c2cc(C(F)(F)F)nn2-c2ccc(S(=O)(=O)NC(=O)OC[C@H](Cc3ccccc3)N(C)[N+]([O-])=NOC(C)OC(=O)c3ccccc3)cc2)cc1. The highest BCUT2D eigenvalue weighted by atomic mass is 32.2. The highest BCUT2D eigenvalue weighted by Crippen LogP contribution is 2.33. The molecular weight excluding hydrogens is 746 g/mol. The van der Waals surface area contributed by atoms with Gasteiger partial charge in [-0.3, -0.25) is 4.84 Å². The van der Waals surface area contributed by atoms with Crippen molar-refractivity contribution >= 4 is 22.1 Å². The zero-order chi connectivity index (χ0) is 39.8. The van der Waals surface area contributed by atoms with Crippen molar-refractivity contribution in [1.29, 1.82) is 0 Å². The molecule has 1 aromatic heterocycles. The minimum absolute atomic E-state index is 0.0571. The van der Waals surface area contributed by atoms with Gasteiger partial charge in [0.05, 0.1) is 33.9 Å². The molecule has 55 heavy (non-hydrogen) atoms. The topological polar surface area (TPSA) is 167 Å². The van der Waals surface area contributed by atoms with Gasteiger partial charge >= 0.3 is 18.2 Å². The average Bonchev–Trinajstić information content (AvgIpc) is 3.63. The molecule has 5 rings (SSSR count).